The summed E-state index contributed by atoms with van der Waals surface area (Å²) >= 11 is 0. The molecule has 0 aromatic carbocycles. The van der Waals surface area contributed by atoms with E-state index in [2.05, 4.69) is 32.2 Å². The van der Waals surface area contributed by atoms with Crippen LogP contribution in [0.15, 0.2) is 11.8 Å². The van der Waals surface area contributed by atoms with Crippen molar-refractivity contribution in [3.8, 4) is 0 Å². The minimum absolute atomic E-state index is 0.00404. The number of nitrogens with one attached hydrogen (secondary N) is 1. The van der Waals surface area contributed by atoms with Crippen LogP contribution < -0.4 is 5.32 Å². The lowest BCUT2D eigenvalue weighted by molar-refractivity contribution is -0.162. The van der Waals surface area contributed by atoms with Crippen molar-refractivity contribution in [1.82, 2.24) is 10.2 Å². The largest absolute Gasteiger partial charge is 0.465 e. The Morgan fingerprint density at radius 2 is 1.91 bits per heavy atom. The van der Waals surface area contributed by atoms with E-state index in [1.165, 1.54) is 25.7 Å². The van der Waals surface area contributed by atoms with Gasteiger partial charge in [0.15, 0.2) is 0 Å². The molecule has 1 aliphatic heterocycles. The molecule has 1 fully saturated rings. The first-order valence-corrected chi connectivity index (χ1v) is 13.3. The maximum atomic E-state index is 13.5. The molecule has 2 atom stereocenters. The molecule has 33 heavy (non-hydrogen) atoms. The number of unbranched alkanes of at least 4 members (excludes halogenated alkanes) is 5. The second kappa shape index (κ2) is 13.8. The van der Waals surface area contributed by atoms with E-state index in [1.54, 1.807) is 0 Å². The molecular formula is C27H46N2O4. The van der Waals surface area contributed by atoms with Crippen LogP contribution in [0.5, 0.6) is 0 Å². The van der Waals surface area contributed by atoms with Crippen LogP contribution in [0, 0.1) is 17.3 Å². The van der Waals surface area contributed by atoms with Gasteiger partial charge < -0.3 is 15.0 Å². The van der Waals surface area contributed by atoms with Crippen LogP contribution >= 0.6 is 0 Å². The van der Waals surface area contributed by atoms with Crippen LogP contribution in [-0.2, 0) is 19.1 Å². The van der Waals surface area contributed by atoms with Gasteiger partial charge in [0, 0.05) is 31.1 Å². The highest BCUT2D eigenvalue weighted by Gasteiger charge is 2.54. The Morgan fingerprint density at radius 1 is 1.18 bits per heavy atom. The second-order valence-corrected chi connectivity index (χ2v) is 10.2. The van der Waals surface area contributed by atoms with Gasteiger partial charge in [-0.2, -0.15) is 0 Å². The summed E-state index contributed by atoms with van der Waals surface area (Å²) in [4.78, 5) is 41.3. The van der Waals surface area contributed by atoms with E-state index in [1.807, 2.05) is 11.8 Å². The van der Waals surface area contributed by atoms with E-state index >= 15 is 0 Å². The van der Waals surface area contributed by atoms with Crippen molar-refractivity contribution >= 4 is 17.8 Å². The van der Waals surface area contributed by atoms with Crippen molar-refractivity contribution in [1.29, 1.82) is 0 Å². The zero-order valence-electron chi connectivity index (χ0n) is 21.4. The highest BCUT2D eigenvalue weighted by atomic mass is 16.5. The van der Waals surface area contributed by atoms with Crippen molar-refractivity contribution in [3.05, 3.63) is 11.8 Å². The summed E-state index contributed by atoms with van der Waals surface area (Å²) in [6.45, 7) is 9.82. The van der Waals surface area contributed by atoms with E-state index < -0.39 is 11.3 Å². The van der Waals surface area contributed by atoms with E-state index in [-0.39, 0.29) is 24.2 Å². The van der Waals surface area contributed by atoms with Gasteiger partial charge in [0.1, 0.15) is 5.41 Å². The normalized spacial score (nSPS) is 22.7. The van der Waals surface area contributed by atoms with Crippen molar-refractivity contribution in [2.75, 3.05) is 19.7 Å². The Hall–Kier alpha value is -1.85. The molecule has 0 aromatic rings. The number of carbonyl (C=O) groups is 3. The minimum Gasteiger partial charge on any atom is -0.465 e. The number of allylic oxidation sites excluding steroid dienone is 1. The number of ether oxygens (including phenoxy) is 1. The zero-order chi connectivity index (χ0) is 24.3. The van der Waals surface area contributed by atoms with Gasteiger partial charge >= 0.3 is 5.97 Å². The zero-order valence-corrected chi connectivity index (χ0v) is 21.4. The molecule has 0 unspecified atom stereocenters. The highest BCUT2D eigenvalue weighted by molar-refractivity contribution is 5.92. The van der Waals surface area contributed by atoms with Gasteiger partial charge in [-0.3, -0.25) is 14.4 Å². The lowest BCUT2D eigenvalue weighted by atomic mass is 9.66. The molecule has 2 rings (SSSR count). The SMILES string of the molecule is CCCCCCCCN1C(=O)[C@H](CC(=O)NCCC(C)C)C[C@@]2(C(=O)OCC)CCCC=C12. The Labute approximate surface area is 200 Å². The highest BCUT2D eigenvalue weighted by Crippen LogP contribution is 2.50. The molecule has 0 bridgehead atoms. The monoisotopic (exact) mass is 462 g/mol. The molecule has 1 saturated heterocycles. The summed E-state index contributed by atoms with van der Waals surface area (Å²) < 4.78 is 5.52. The predicted molar refractivity (Wildman–Crippen MR) is 131 cm³/mol. The van der Waals surface area contributed by atoms with Crippen LogP contribution in [0.1, 0.15) is 105 Å². The number of nitrogens with zero attached hydrogens (tertiary/aromatic N) is 1. The molecule has 2 amide bonds. The molecule has 0 radical (unpaired) electrons. The number of carbonyl (C=O) groups excluding carboxylic acids is 3. The molecule has 2 aliphatic rings. The lowest BCUT2D eigenvalue weighted by Crippen LogP contribution is -2.54. The van der Waals surface area contributed by atoms with Crippen molar-refractivity contribution in [2.24, 2.45) is 17.3 Å². The number of piperidine rings is 1. The molecule has 6 heteroatoms. The van der Waals surface area contributed by atoms with Crippen molar-refractivity contribution in [3.63, 3.8) is 0 Å². The predicted octanol–water partition coefficient (Wildman–Crippen LogP) is 5.37. The lowest BCUT2D eigenvalue weighted by Gasteiger charge is -2.48. The van der Waals surface area contributed by atoms with Gasteiger partial charge in [-0.1, -0.05) is 59.0 Å². The first-order chi connectivity index (χ1) is 15.9. The first kappa shape index (κ1) is 27.4. The summed E-state index contributed by atoms with van der Waals surface area (Å²) in [6, 6.07) is 0. The Balaban J connectivity index is 2.17. The second-order valence-electron chi connectivity index (χ2n) is 10.2. The number of amides is 2. The summed E-state index contributed by atoms with van der Waals surface area (Å²) in [6.07, 6.45) is 12.8. The number of likely N-dealkylation sites (tertiary alicyclic amines) is 1. The fraction of sp³-hybridized carbons (Fsp3) is 0.815. The number of rotatable bonds is 14. The van der Waals surface area contributed by atoms with Gasteiger partial charge in [-0.25, -0.2) is 0 Å². The van der Waals surface area contributed by atoms with Crippen LogP contribution in [0.4, 0.5) is 0 Å². The van der Waals surface area contributed by atoms with Crippen LogP contribution in [-0.4, -0.2) is 42.4 Å². The van der Waals surface area contributed by atoms with E-state index in [0.29, 0.717) is 38.5 Å². The average molecular weight is 463 g/mol. The summed E-state index contributed by atoms with van der Waals surface area (Å²) in [7, 11) is 0. The fourth-order valence-electron chi connectivity index (χ4n) is 5.18. The third kappa shape index (κ3) is 7.58. The first-order valence-electron chi connectivity index (χ1n) is 13.3. The number of esters is 1. The molecule has 1 N–H and O–H groups in total. The number of hydrogen-bond donors (Lipinski definition) is 1. The summed E-state index contributed by atoms with van der Waals surface area (Å²) in [5.41, 5.74) is 0.0370. The molecule has 1 heterocycles. The smallest absolute Gasteiger partial charge is 0.318 e. The van der Waals surface area contributed by atoms with Crippen LogP contribution in [0.2, 0.25) is 0 Å². The van der Waals surface area contributed by atoms with E-state index in [0.717, 1.165) is 37.8 Å². The van der Waals surface area contributed by atoms with Gasteiger partial charge in [-0.05, 0) is 51.4 Å². The number of hydrogen-bond acceptors (Lipinski definition) is 4. The Kier molecular flexibility index (Phi) is 11.4. The molecule has 0 saturated carbocycles. The molecular weight excluding hydrogens is 416 g/mol. The minimum atomic E-state index is -0.798. The van der Waals surface area contributed by atoms with Gasteiger partial charge in [0.05, 0.1) is 6.61 Å². The third-order valence-electron chi connectivity index (χ3n) is 7.01. The average Bonchev–Trinajstić information content (AvgIpc) is 2.78. The fourth-order valence-corrected chi connectivity index (χ4v) is 5.18. The van der Waals surface area contributed by atoms with Gasteiger partial charge in [0.2, 0.25) is 11.8 Å². The van der Waals surface area contributed by atoms with E-state index in [9.17, 15) is 14.4 Å². The maximum absolute atomic E-state index is 13.5. The van der Waals surface area contributed by atoms with Gasteiger partial charge in [-0.15, -0.1) is 0 Å². The van der Waals surface area contributed by atoms with Crippen LogP contribution in [0.3, 0.4) is 0 Å². The topological polar surface area (TPSA) is 75.7 Å². The standard InChI is InChI=1S/C27H46N2O4/c1-5-7-8-9-10-13-18-29-23-14-11-12-16-27(23,26(32)33-6-2)20-22(25(29)31)19-24(30)28-17-15-21(3)4/h14,21-22H,5-13,15-20H2,1-4H3,(H,28,30)/t22-,27+/m1/s1. The van der Waals surface area contributed by atoms with Crippen molar-refractivity contribution < 1.29 is 19.1 Å². The molecule has 1 aliphatic carbocycles. The van der Waals surface area contributed by atoms with Crippen LogP contribution in [0.25, 0.3) is 0 Å². The quantitative estimate of drug-likeness (QED) is 0.278. The molecule has 0 aromatic heterocycles. The van der Waals surface area contributed by atoms with E-state index in [4.69, 9.17) is 4.74 Å². The Bertz CT molecular complexity index is 688. The van der Waals surface area contributed by atoms with Gasteiger partial charge in [0.25, 0.3) is 0 Å². The molecule has 188 valence electrons. The summed E-state index contributed by atoms with van der Waals surface area (Å²) in [5.74, 6) is -0.312. The maximum Gasteiger partial charge on any atom is 0.318 e. The number of fused-ring (bicyclic) bond motifs is 1. The third-order valence-corrected chi connectivity index (χ3v) is 7.01. The molecule has 0 spiro atoms. The molecule has 6 nitrogen and oxygen atoms in total. The Morgan fingerprint density at radius 3 is 2.61 bits per heavy atom. The summed E-state index contributed by atoms with van der Waals surface area (Å²) in [5, 5.41) is 2.97. The van der Waals surface area contributed by atoms with Crippen molar-refractivity contribution in [2.45, 2.75) is 105 Å².